The van der Waals surface area contributed by atoms with Crippen LogP contribution < -0.4 is 9.47 Å². The van der Waals surface area contributed by atoms with Crippen LogP contribution in [0.15, 0.2) is 54.6 Å². The lowest BCUT2D eigenvalue weighted by Crippen LogP contribution is -2.04. The molecule has 1 aliphatic carbocycles. The largest absolute Gasteiger partial charge is 0.491 e. The molecule has 3 nitrogen and oxygen atoms in total. The van der Waals surface area contributed by atoms with Crippen LogP contribution >= 0.6 is 0 Å². The van der Waals surface area contributed by atoms with E-state index in [1.165, 1.54) is 24.0 Å². The molecule has 0 unspecified atom stereocenters. The Labute approximate surface area is 137 Å². The summed E-state index contributed by atoms with van der Waals surface area (Å²) < 4.78 is 11.6. The van der Waals surface area contributed by atoms with Crippen LogP contribution in [-0.4, -0.2) is 18.3 Å². The van der Waals surface area contributed by atoms with Crippen molar-refractivity contribution in [2.75, 3.05) is 13.2 Å². The Bertz CT molecular complexity index is 676. The first-order chi connectivity index (χ1) is 11.4. The summed E-state index contributed by atoms with van der Waals surface area (Å²) in [5.41, 5.74) is 2.51. The number of ether oxygens (including phenoxy) is 2. The van der Waals surface area contributed by atoms with Crippen LogP contribution in [0.1, 0.15) is 30.4 Å². The number of aliphatic hydroxyl groups is 1. The van der Waals surface area contributed by atoms with Crippen LogP contribution in [0.25, 0.3) is 5.76 Å². The van der Waals surface area contributed by atoms with Crippen molar-refractivity contribution in [2.45, 2.75) is 25.7 Å². The highest BCUT2D eigenvalue weighted by molar-refractivity contribution is 5.65. The predicted octanol–water partition coefficient (Wildman–Crippen LogP) is 4.20. The van der Waals surface area contributed by atoms with Gasteiger partial charge in [-0.15, -0.1) is 0 Å². The molecule has 0 heterocycles. The molecule has 2 aromatic carbocycles. The minimum atomic E-state index is 0.00358. The van der Waals surface area contributed by atoms with Gasteiger partial charge >= 0.3 is 0 Å². The first-order valence-corrected chi connectivity index (χ1v) is 8.17. The summed E-state index contributed by atoms with van der Waals surface area (Å²) in [4.78, 5) is 0. The van der Waals surface area contributed by atoms with Gasteiger partial charge in [0.2, 0.25) is 0 Å². The zero-order valence-electron chi connectivity index (χ0n) is 13.2. The van der Waals surface area contributed by atoms with Crippen LogP contribution in [0, 0.1) is 0 Å². The summed E-state index contributed by atoms with van der Waals surface area (Å²) in [5.74, 6) is 2.37. The number of rotatable bonds is 5. The summed E-state index contributed by atoms with van der Waals surface area (Å²) in [5, 5.41) is 8.86. The molecular formula is C20H22O3. The lowest BCUT2D eigenvalue weighted by molar-refractivity contribution is 0.201. The molecule has 1 N–H and O–H groups in total. The zero-order chi connectivity index (χ0) is 15.9. The number of benzene rings is 2. The van der Waals surface area contributed by atoms with Gasteiger partial charge in [0, 0.05) is 11.6 Å². The Kier molecular flexibility index (Phi) is 5.33. The second-order valence-electron chi connectivity index (χ2n) is 5.62. The average Bonchev–Trinajstić information content (AvgIpc) is 2.57. The van der Waals surface area contributed by atoms with Gasteiger partial charge in [-0.1, -0.05) is 30.3 Å². The third kappa shape index (κ3) is 4.14. The van der Waals surface area contributed by atoms with Crippen molar-refractivity contribution >= 4 is 5.76 Å². The average molecular weight is 310 g/mol. The first kappa shape index (κ1) is 15.6. The van der Waals surface area contributed by atoms with Crippen LogP contribution in [0.5, 0.6) is 11.5 Å². The molecule has 2 aromatic rings. The van der Waals surface area contributed by atoms with Crippen molar-refractivity contribution in [2.24, 2.45) is 0 Å². The fourth-order valence-corrected chi connectivity index (χ4v) is 2.80. The molecule has 0 saturated heterocycles. The number of hydrogen-bond donors (Lipinski definition) is 1. The molecule has 1 aliphatic rings. The van der Waals surface area contributed by atoms with E-state index in [4.69, 9.17) is 14.6 Å². The van der Waals surface area contributed by atoms with Gasteiger partial charge in [-0.25, -0.2) is 0 Å². The highest BCUT2D eigenvalue weighted by Crippen LogP contribution is 2.29. The number of fused-ring (bicyclic) bond motifs is 1. The van der Waals surface area contributed by atoms with Gasteiger partial charge in [-0.05, 0) is 49.5 Å². The maximum atomic E-state index is 8.86. The number of allylic oxidation sites excluding steroid dienone is 1. The summed E-state index contributed by atoms with van der Waals surface area (Å²) in [6.07, 6.45) is 6.70. The molecule has 3 rings (SSSR count). The van der Waals surface area contributed by atoms with Gasteiger partial charge in [0.1, 0.15) is 23.9 Å². The summed E-state index contributed by atoms with van der Waals surface area (Å²) in [6.45, 7) is 0.290. The molecule has 0 bridgehead atoms. The Morgan fingerprint density at radius 3 is 2.74 bits per heavy atom. The van der Waals surface area contributed by atoms with E-state index in [1.54, 1.807) is 0 Å². The highest BCUT2D eigenvalue weighted by Gasteiger charge is 2.12. The fraction of sp³-hybridized carbons (Fsp3) is 0.300. The standard InChI is InChI=1S/C20H22O3/c21-13-14-22-17-9-6-10-18(15-17)23-20-12-3-1-2-7-16-8-4-5-11-19(16)20/h4-6,8-12,15,21H,1-3,7,13-14H2. The van der Waals surface area contributed by atoms with Crippen molar-refractivity contribution < 1.29 is 14.6 Å². The van der Waals surface area contributed by atoms with Crippen LogP contribution in [0.2, 0.25) is 0 Å². The van der Waals surface area contributed by atoms with Crippen molar-refractivity contribution in [1.29, 1.82) is 0 Å². The minimum absolute atomic E-state index is 0.00358. The normalized spacial score (nSPS) is 14.2. The molecule has 0 aromatic heterocycles. The third-order valence-electron chi connectivity index (χ3n) is 3.91. The number of aryl methyl sites for hydroxylation is 1. The molecule has 0 saturated carbocycles. The van der Waals surface area contributed by atoms with Crippen molar-refractivity contribution in [3.8, 4) is 11.5 Å². The van der Waals surface area contributed by atoms with Crippen molar-refractivity contribution in [1.82, 2.24) is 0 Å². The molecule has 23 heavy (non-hydrogen) atoms. The zero-order valence-corrected chi connectivity index (χ0v) is 13.2. The van der Waals surface area contributed by atoms with Gasteiger partial charge in [-0.2, -0.15) is 0 Å². The quantitative estimate of drug-likeness (QED) is 0.899. The van der Waals surface area contributed by atoms with Gasteiger partial charge in [-0.3, -0.25) is 0 Å². The van der Waals surface area contributed by atoms with E-state index in [1.807, 2.05) is 24.3 Å². The molecule has 0 spiro atoms. The van der Waals surface area contributed by atoms with Crippen molar-refractivity contribution in [3.05, 3.63) is 65.7 Å². The fourth-order valence-electron chi connectivity index (χ4n) is 2.80. The van der Waals surface area contributed by atoms with Crippen LogP contribution in [0.3, 0.4) is 0 Å². The van der Waals surface area contributed by atoms with Crippen LogP contribution in [-0.2, 0) is 6.42 Å². The van der Waals surface area contributed by atoms with Gasteiger partial charge in [0.05, 0.1) is 6.61 Å². The smallest absolute Gasteiger partial charge is 0.131 e. The van der Waals surface area contributed by atoms with E-state index in [2.05, 4.69) is 30.3 Å². The van der Waals surface area contributed by atoms with Crippen molar-refractivity contribution in [3.63, 3.8) is 0 Å². The molecule has 0 atom stereocenters. The summed E-state index contributed by atoms with van der Waals surface area (Å²) in [7, 11) is 0. The molecule has 0 aliphatic heterocycles. The Balaban J connectivity index is 1.84. The molecule has 120 valence electrons. The Hall–Kier alpha value is -2.26. The topological polar surface area (TPSA) is 38.7 Å². The van der Waals surface area contributed by atoms with Crippen LogP contribution in [0.4, 0.5) is 0 Å². The predicted molar refractivity (Wildman–Crippen MR) is 91.6 cm³/mol. The molecule has 0 radical (unpaired) electrons. The highest BCUT2D eigenvalue weighted by atomic mass is 16.5. The van der Waals surface area contributed by atoms with E-state index < -0.39 is 0 Å². The molecular weight excluding hydrogens is 288 g/mol. The minimum Gasteiger partial charge on any atom is -0.491 e. The van der Waals surface area contributed by atoms with Gasteiger partial charge < -0.3 is 14.6 Å². The second-order valence-corrected chi connectivity index (χ2v) is 5.62. The van der Waals surface area contributed by atoms with Gasteiger partial charge in [0.15, 0.2) is 0 Å². The van der Waals surface area contributed by atoms with E-state index in [-0.39, 0.29) is 13.2 Å². The van der Waals surface area contributed by atoms with E-state index >= 15 is 0 Å². The lowest BCUT2D eigenvalue weighted by atomic mass is 9.96. The maximum absolute atomic E-state index is 8.86. The first-order valence-electron chi connectivity index (χ1n) is 8.17. The van der Waals surface area contributed by atoms with E-state index in [9.17, 15) is 0 Å². The Morgan fingerprint density at radius 1 is 0.957 bits per heavy atom. The lowest BCUT2D eigenvalue weighted by Gasteiger charge is -2.17. The van der Waals surface area contributed by atoms with E-state index in [0.29, 0.717) is 5.75 Å². The van der Waals surface area contributed by atoms with E-state index in [0.717, 1.165) is 24.4 Å². The third-order valence-corrected chi connectivity index (χ3v) is 3.91. The molecule has 0 fully saturated rings. The number of aliphatic hydroxyl groups excluding tert-OH is 1. The second kappa shape index (κ2) is 7.84. The Morgan fingerprint density at radius 2 is 1.83 bits per heavy atom. The summed E-state index contributed by atoms with van der Waals surface area (Å²) in [6, 6.07) is 16.0. The molecule has 3 heteroatoms. The summed E-state index contributed by atoms with van der Waals surface area (Å²) >= 11 is 0. The monoisotopic (exact) mass is 310 g/mol. The van der Waals surface area contributed by atoms with Gasteiger partial charge in [0.25, 0.3) is 0 Å². The SMILES string of the molecule is OCCOc1cccc(OC2=CCCCCc3ccccc32)c1. The molecule has 0 amide bonds. The number of hydrogen-bond acceptors (Lipinski definition) is 3. The maximum Gasteiger partial charge on any atom is 0.131 e.